The number of thiazole rings is 1. The molecule has 0 saturated heterocycles. The second kappa shape index (κ2) is 12.3. The first-order valence-electron chi connectivity index (χ1n) is 9.12. The number of alkyl halides is 3. The van der Waals surface area contributed by atoms with Gasteiger partial charge in [0.2, 0.25) is 0 Å². The topological polar surface area (TPSA) is 52.6 Å². The lowest BCUT2D eigenvalue weighted by Gasteiger charge is -2.14. The Kier molecular flexibility index (Phi) is 10.9. The average Bonchev–Trinajstić information content (AvgIpc) is 3.14. The smallest absolute Gasteiger partial charge is 0.357 e. The molecule has 0 aliphatic carbocycles. The Labute approximate surface area is 190 Å². The second-order valence-corrected chi connectivity index (χ2v) is 7.27. The van der Waals surface area contributed by atoms with Gasteiger partial charge in [0.15, 0.2) is 11.7 Å². The normalized spacial score (nSPS) is 12.0. The number of rotatable bonds is 8. The number of hydrogen-bond donors (Lipinski definition) is 2. The lowest BCUT2D eigenvalue weighted by atomic mass is 10.1. The third-order valence-corrected chi connectivity index (χ3v) is 4.85. The van der Waals surface area contributed by atoms with Crippen molar-refractivity contribution in [2.24, 2.45) is 4.99 Å². The van der Waals surface area contributed by atoms with Crippen molar-refractivity contribution in [1.82, 2.24) is 20.5 Å². The van der Waals surface area contributed by atoms with Crippen molar-refractivity contribution >= 4 is 41.3 Å². The summed E-state index contributed by atoms with van der Waals surface area (Å²) in [5.74, 6) is 0.544. The maximum Gasteiger partial charge on any atom is 0.434 e. The summed E-state index contributed by atoms with van der Waals surface area (Å²) in [7, 11) is 2.07. The number of hydrogen-bond acceptors (Lipinski definition) is 4. The summed E-state index contributed by atoms with van der Waals surface area (Å²) in [6.07, 6.45) is -4.41. The van der Waals surface area contributed by atoms with E-state index < -0.39 is 11.9 Å². The molecule has 1 heterocycles. The van der Waals surface area contributed by atoms with Crippen LogP contribution in [0.1, 0.15) is 35.7 Å². The molecule has 1 aromatic heterocycles. The molecule has 0 radical (unpaired) electrons. The fraction of sp³-hybridized carbons (Fsp3) is 0.474. The highest BCUT2D eigenvalue weighted by atomic mass is 127. The highest BCUT2D eigenvalue weighted by Gasteiger charge is 2.33. The minimum Gasteiger partial charge on any atom is -0.357 e. The van der Waals surface area contributed by atoms with Gasteiger partial charge in [-0.3, -0.25) is 0 Å². The van der Waals surface area contributed by atoms with Crippen molar-refractivity contribution in [1.29, 1.82) is 0 Å². The molecule has 0 atom stereocenters. The maximum atomic E-state index is 12.6. The number of guanidine groups is 1. The van der Waals surface area contributed by atoms with Crippen LogP contribution in [0, 0.1) is 0 Å². The number of nitrogens with one attached hydrogen (secondary N) is 2. The molecule has 10 heteroatoms. The Morgan fingerprint density at radius 3 is 2.55 bits per heavy atom. The first kappa shape index (κ1) is 25.6. The summed E-state index contributed by atoms with van der Waals surface area (Å²) in [4.78, 5) is 10.4. The predicted molar refractivity (Wildman–Crippen MR) is 123 cm³/mol. The monoisotopic (exact) mass is 541 g/mol. The number of nitrogens with zero attached hydrogens (tertiary/aromatic N) is 3. The molecule has 0 unspecified atom stereocenters. The van der Waals surface area contributed by atoms with Gasteiger partial charge in [-0.2, -0.15) is 13.2 Å². The second-order valence-electron chi connectivity index (χ2n) is 6.32. The summed E-state index contributed by atoms with van der Waals surface area (Å²) < 4.78 is 37.9. The van der Waals surface area contributed by atoms with Crippen LogP contribution in [0.25, 0.3) is 0 Å². The molecule has 2 rings (SSSR count). The molecule has 0 spiro atoms. The Hall–Kier alpha value is -1.40. The van der Waals surface area contributed by atoms with E-state index in [-0.39, 0.29) is 30.5 Å². The molecule has 5 nitrogen and oxygen atoms in total. The Morgan fingerprint density at radius 2 is 1.93 bits per heavy atom. The van der Waals surface area contributed by atoms with Crippen LogP contribution in [0.2, 0.25) is 0 Å². The molecule has 0 fully saturated rings. The quantitative estimate of drug-likeness (QED) is 0.294. The first-order valence-corrected chi connectivity index (χ1v) is 10.00. The minimum absolute atomic E-state index is 0. The van der Waals surface area contributed by atoms with Gasteiger partial charge in [0.1, 0.15) is 5.01 Å². The van der Waals surface area contributed by atoms with E-state index in [4.69, 9.17) is 0 Å². The van der Waals surface area contributed by atoms with E-state index in [9.17, 15) is 13.2 Å². The fourth-order valence-electron chi connectivity index (χ4n) is 2.44. The van der Waals surface area contributed by atoms with Crippen LogP contribution in [0.5, 0.6) is 0 Å². The molecule has 0 amide bonds. The van der Waals surface area contributed by atoms with Gasteiger partial charge in [-0.05, 0) is 31.6 Å². The van der Waals surface area contributed by atoms with Crippen LogP contribution in [0.3, 0.4) is 0 Å². The minimum atomic E-state index is -4.41. The zero-order valence-corrected chi connectivity index (χ0v) is 19.9. The Bertz CT molecular complexity index is 779. The van der Waals surface area contributed by atoms with Gasteiger partial charge < -0.3 is 15.5 Å². The number of benzene rings is 1. The van der Waals surface area contributed by atoms with Crippen molar-refractivity contribution in [3.8, 4) is 0 Å². The zero-order valence-electron chi connectivity index (χ0n) is 16.7. The highest BCUT2D eigenvalue weighted by Crippen LogP contribution is 2.29. The van der Waals surface area contributed by atoms with Crippen molar-refractivity contribution in [3.63, 3.8) is 0 Å². The molecule has 0 aliphatic heterocycles. The summed E-state index contributed by atoms with van der Waals surface area (Å²) in [5.41, 5.74) is 1.44. The van der Waals surface area contributed by atoms with E-state index in [1.54, 1.807) is 0 Å². The predicted octanol–water partition coefficient (Wildman–Crippen LogP) is 4.49. The van der Waals surface area contributed by atoms with Crippen LogP contribution in [-0.4, -0.2) is 36.0 Å². The van der Waals surface area contributed by atoms with Crippen molar-refractivity contribution in [2.75, 3.05) is 20.1 Å². The standard InChI is InChI=1S/C19H26F3N5S.HI/c1-4-23-18(25-11-17-26-16(13-28-17)19(20,21)22)24-10-14-7-6-8-15(9-14)12-27(3)5-2;/h6-9,13H,4-5,10-12H2,1-3H3,(H2,23,24,25);1H. The van der Waals surface area contributed by atoms with E-state index in [2.05, 4.69) is 51.6 Å². The van der Waals surface area contributed by atoms with Gasteiger partial charge >= 0.3 is 6.18 Å². The highest BCUT2D eigenvalue weighted by molar-refractivity contribution is 14.0. The van der Waals surface area contributed by atoms with Crippen LogP contribution in [-0.2, 0) is 25.8 Å². The van der Waals surface area contributed by atoms with Gasteiger partial charge in [0.25, 0.3) is 0 Å². The van der Waals surface area contributed by atoms with E-state index in [1.165, 1.54) is 5.56 Å². The molecule has 29 heavy (non-hydrogen) atoms. The van der Waals surface area contributed by atoms with E-state index in [0.29, 0.717) is 24.1 Å². The molecule has 0 bridgehead atoms. The molecule has 2 aromatic rings. The number of aromatic nitrogens is 1. The zero-order chi connectivity index (χ0) is 20.6. The van der Waals surface area contributed by atoms with Gasteiger partial charge in [-0.1, -0.05) is 31.2 Å². The summed E-state index contributed by atoms with van der Waals surface area (Å²) in [5, 5.41) is 7.53. The fourth-order valence-corrected chi connectivity index (χ4v) is 3.18. The van der Waals surface area contributed by atoms with Gasteiger partial charge in [0.05, 0.1) is 13.1 Å². The summed E-state index contributed by atoms with van der Waals surface area (Å²) in [6, 6.07) is 8.23. The largest absolute Gasteiger partial charge is 0.434 e. The van der Waals surface area contributed by atoms with Crippen LogP contribution in [0.15, 0.2) is 34.6 Å². The third-order valence-electron chi connectivity index (χ3n) is 4.00. The molecule has 0 saturated carbocycles. The molecule has 162 valence electrons. The van der Waals surface area contributed by atoms with Gasteiger partial charge in [0, 0.05) is 18.5 Å². The van der Waals surface area contributed by atoms with Crippen LogP contribution < -0.4 is 10.6 Å². The van der Waals surface area contributed by atoms with Crippen LogP contribution >= 0.6 is 35.3 Å². The van der Waals surface area contributed by atoms with Gasteiger partial charge in [-0.25, -0.2) is 9.98 Å². The van der Waals surface area contributed by atoms with E-state index in [0.717, 1.165) is 35.4 Å². The summed E-state index contributed by atoms with van der Waals surface area (Å²) in [6.45, 7) is 7.21. The Morgan fingerprint density at radius 1 is 1.21 bits per heavy atom. The lowest BCUT2D eigenvalue weighted by molar-refractivity contribution is -0.140. The molecular weight excluding hydrogens is 514 g/mol. The van der Waals surface area contributed by atoms with Crippen LogP contribution in [0.4, 0.5) is 13.2 Å². The first-order chi connectivity index (χ1) is 13.3. The molecular formula is C19H27F3IN5S. The van der Waals surface area contributed by atoms with E-state index >= 15 is 0 Å². The van der Waals surface area contributed by atoms with Gasteiger partial charge in [-0.15, -0.1) is 35.3 Å². The Balaban J connectivity index is 0.00000420. The van der Waals surface area contributed by atoms with Crippen molar-refractivity contribution < 1.29 is 13.2 Å². The molecule has 2 N–H and O–H groups in total. The van der Waals surface area contributed by atoms with Crippen molar-refractivity contribution in [3.05, 3.63) is 51.5 Å². The molecule has 0 aliphatic rings. The SMILES string of the molecule is CCNC(=NCc1cccc(CN(C)CC)c1)NCc1nc(C(F)(F)F)cs1.I. The number of aliphatic imine (C=N–C) groups is 1. The van der Waals surface area contributed by atoms with E-state index in [1.807, 2.05) is 19.1 Å². The third kappa shape index (κ3) is 8.87. The maximum absolute atomic E-state index is 12.6. The average molecular weight is 541 g/mol. The lowest BCUT2D eigenvalue weighted by Crippen LogP contribution is -2.36. The number of halogens is 4. The summed E-state index contributed by atoms with van der Waals surface area (Å²) >= 11 is 0.980. The molecule has 1 aromatic carbocycles. The van der Waals surface area contributed by atoms with Crippen molar-refractivity contribution in [2.45, 2.75) is 39.7 Å².